The van der Waals surface area contributed by atoms with Crippen molar-refractivity contribution in [1.29, 1.82) is 0 Å². The zero-order valence-electron chi connectivity index (χ0n) is 10.5. The van der Waals surface area contributed by atoms with Crippen molar-refractivity contribution in [3.05, 3.63) is 0 Å². The smallest absolute Gasteiger partial charge is 0.00753 e. The van der Waals surface area contributed by atoms with Gasteiger partial charge in [-0.3, -0.25) is 0 Å². The van der Waals surface area contributed by atoms with Crippen LogP contribution in [0.5, 0.6) is 0 Å². The minimum atomic E-state index is 0.552. The monoisotopic (exact) mass is 221 g/mol. The van der Waals surface area contributed by atoms with Gasteiger partial charge in [0.15, 0.2) is 0 Å². The number of nitrogens with two attached hydrogens (primary N) is 1. The molecule has 0 heterocycles. The van der Waals surface area contributed by atoms with Gasteiger partial charge in [-0.2, -0.15) is 0 Å². The molecule has 0 amide bonds. The van der Waals surface area contributed by atoms with Gasteiger partial charge in [0.1, 0.15) is 0 Å². The number of rotatable bonds is 3. The summed E-state index contributed by atoms with van der Waals surface area (Å²) >= 11 is 0. The fourth-order valence-electron chi connectivity index (χ4n) is 4.65. The van der Waals surface area contributed by atoms with E-state index < -0.39 is 0 Å². The Balaban J connectivity index is 1.48. The lowest BCUT2D eigenvalue weighted by Gasteiger charge is -2.24. The lowest BCUT2D eigenvalue weighted by Crippen LogP contribution is -2.28. The van der Waals surface area contributed by atoms with Crippen molar-refractivity contribution in [2.24, 2.45) is 29.4 Å². The van der Waals surface area contributed by atoms with Gasteiger partial charge >= 0.3 is 0 Å². The molecule has 3 rings (SSSR count). The Morgan fingerprint density at radius 1 is 0.812 bits per heavy atom. The zero-order chi connectivity index (χ0) is 11.0. The van der Waals surface area contributed by atoms with Crippen LogP contribution >= 0.6 is 0 Å². The molecule has 16 heavy (non-hydrogen) atoms. The normalized spacial score (nSPS) is 41.4. The van der Waals surface area contributed by atoms with Crippen LogP contribution in [0, 0.1) is 23.7 Å². The lowest BCUT2D eigenvalue weighted by molar-refractivity contribution is 0.301. The Morgan fingerprint density at radius 2 is 1.38 bits per heavy atom. The van der Waals surface area contributed by atoms with E-state index >= 15 is 0 Å². The molecule has 1 heteroatoms. The van der Waals surface area contributed by atoms with E-state index in [0.717, 1.165) is 23.7 Å². The minimum Gasteiger partial charge on any atom is -0.327 e. The molecule has 92 valence electrons. The summed E-state index contributed by atoms with van der Waals surface area (Å²) in [5, 5.41) is 0. The van der Waals surface area contributed by atoms with Crippen molar-refractivity contribution in [3.8, 4) is 0 Å². The molecular formula is C15H27N. The summed E-state index contributed by atoms with van der Waals surface area (Å²) < 4.78 is 0. The Morgan fingerprint density at radius 3 is 2.00 bits per heavy atom. The van der Waals surface area contributed by atoms with Gasteiger partial charge in [-0.05, 0) is 42.9 Å². The van der Waals surface area contributed by atoms with Gasteiger partial charge in [0.05, 0.1) is 0 Å². The first-order chi connectivity index (χ1) is 7.86. The Labute approximate surface area is 100 Å². The highest BCUT2D eigenvalue weighted by Crippen LogP contribution is 2.57. The highest BCUT2D eigenvalue weighted by atomic mass is 14.7. The third-order valence-corrected chi connectivity index (χ3v) is 5.55. The molecule has 0 spiro atoms. The molecule has 0 aromatic carbocycles. The van der Waals surface area contributed by atoms with Crippen LogP contribution in [-0.4, -0.2) is 6.04 Å². The third kappa shape index (κ3) is 2.16. The van der Waals surface area contributed by atoms with Gasteiger partial charge in [-0.15, -0.1) is 0 Å². The maximum Gasteiger partial charge on any atom is 0.00753 e. The Kier molecular flexibility index (Phi) is 3.24. The van der Waals surface area contributed by atoms with Gasteiger partial charge in [-0.25, -0.2) is 0 Å². The van der Waals surface area contributed by atoms with E-state index in [9.17, 15) is 0 Å². The molecular weight excluding hydrogens is 194 g/mol. The Hall–Kier alpha value is -0.0400. The van der Waals surface area contributed by atoms with Crippen LogP contribution in [0.3, 0.4) is 0 Å². The first kappa shape index (κ1) is 11.1. The molecule has 0 bridgehead atoms. The van der Waals surface area contributed by atoms with E-state index in [2.05, 4.69) is 0 Å². The highest BCUT2D eigenvalue weighted by molar-refractivity contribution is 5.04. The summed E-state index contributed by atoms with van der Waals surface area (Å²) in [6.07, 6.45) is 14.6. The average molecular weight is 221 g/mol. The van der Waals surface area contributed by atoms with E-state index in [-0.39, 0.29) is 0 Å². The van der Waals surface area contributed by atoms with Crippen molar-refractivity contribution >= 4 is 0 Å². The molecule has 0 radical (unpaired) electrons. The van der Waals surface area contributed by atoms with E-state index in [1.54, 1.807) is 0 Å². The molecule has 0 aliphatic heterocycles. The fourth-order valence-corrected chi connectivity index (χ4v) is 4.65. The number of fused-ring (bicyclic) bond motifs is 1. The maximum absolute atomic E-state index is 6.47. The van der Waals surface area contributed by atoms with Gasteiger partial charge in [0, 0.05) is 6.04 Å². The number of hydrogen-bond acceptors (Lipinski definition) is 1. The molecule has 3 atom stereocenters. The van der Waals surface area contributed by atoms with Crippen LogP contribution < -0.4 is 5.73 Å². The minimum absolute atomic E-state index is 0.552. The second-order valence-electron chi connectivity index (χ2n) is 6.59. The van der Waals surface area contributed by atoms with Crippen molar-refractivity contribution in [2.75, 3.05) is 0 Å². The SMILES string of the molecule is NC(CC1CCCCC1)C1C2CCCCC21. The van der Waals surface area contributed by atoms with E-state index in [4.69, 9.17) is 5.73 Å². The zero-order valence-corrected chi connectivity index (χ0v) is 10.5. The molecule has 0 aromatic rings. The summed E-state index contributed by atoms with van der Waals surface area (Å²) in [6, 6.07) is 0.552. The molecule has 3 saturated carbocycles. The van der Waals surface area contributed by atoms with Crippen LogP contribution in [0.2, 0.25) is 0 Å². The first-order valence-electron chi connectivity index (χ1n) is 7.62. The van der Waals surface area contributed by atoms with Gasteiger partial charge in [0.2, 0.25) is 0 Å². The standard InChI is InChI=1S/C15H27N/c16-14(10-11-6-2-1-3-7-11)15-12-8-4-5-9-13(12)15/h11-15H,1-10,16H2. The summed E-state index contributed by atoms with van der Waals surface area (Å²) in [7, 11) is 0. The van der Waals surface area contributed by atoms with Crippen molar-refractivity contribution < 1.29 is 0 Å². The Bertz CT molecular complexity index is 220. The average Bonchev–Trinajstić information content (AvgIpc) is 3.04. The summed E-state index contributed by atoms with van der Waals surface area (Å²) in [5.41, 5.74) is 6.47. The van der Waals surface area contributed by atoms with E-state index in [1.807, 2.05) is 0 Å². The summed E-state index contributed by atoms with van der Waals surface area (Å²) in [5.74, 6) is 4.01. The van der Waals surface area contributed by atoms with E-state index in [0.29, 0.717) is 6.04 Å². The molecule has 3 aliphatic rings. The molecule has 0 saturated heterocycles. The first-order valence-corrected chi connectivity index (χ1v) is 7.62. The van der Waals surface area contributed by atoms with Crippen molar-refractivity contribution in [3.63, 3.8) is 0 Å². The largest absolute Gasteiger partial charge is 0.327 e. The van der Waals surface area contributed by atoms with Crippen molar-refractivity contribution in [1.82, 2.24) is 0 Å². The van der Waals surface area contributed by atoms with Crippen LogP contribution in [0.4, 0.5) is 0 Å². The fraction of sp³-hybridized carbons (Fsp3) is 1.00. The van der Waals surface area contributed by atoms with Crippen LogP contribution in [0.1, 0.15) is 64.2 Å². The van der Waals surface area contributed by atoms with Gasteiger partial charge < -0.3 is 5.73 Å². The summed E-state index contributed by atoms with van der Waals surface area (Å²) in [6.45, 7) is 0. The van der Waals surface area contributed by atoms with E-state index in [1.165, 1.54) is 64.2 Å². The molecule has 1 nitrogen and oxygen atoms in total. The highest BCUT2D eigenvalue weighted by Gasteiger charge is 2.53. The second-order valence-corrected chi connectivity index (χ2v) is 6.59. The third-order valence-electron chi connectivity index (χ3n) is 5.55. The predicted molar refractivity (Wildman–Crippen MR) is 68.1 cm³/mol. The second kappa shape index (κ2) is 4.68. The molecule has 2 N–H and O–H groups in total. The van der Waals surface area contributed by atoms with Crippen LogP contribution in [0.15, 0.2) is 0 Å². The predicted octanol–water partition coefficient (Wildman–Crippen LogP) is 3.72. The number of hydrogen-bond donors (Lipinski definition) is 1. The molecule has 0 aromatic heterocycles. The van der Waals surface area contributed by atoms with Gasteiger partial charge in [0.25, 0.3) is 0 Å². The van der Waals surface area contributed by atoms with Crippen LogP contribution in [0.25, 0.3) is 0 Å². The van der Waals surface area contributed by atoms with Crippen LogP contribution in [-0.2, 0) is 0 Å². The summed E-state index contributed by atoms with van der Waals surface area (Å²) in [4.78, 5) is 0. The molecule has 3 fully saturated rings. The molecule has 3 aliphatic carbocycles. The topological polar surface area (TPSA) is 26.0 Å². The van der Waals surface area contributed by atoms with Gasteiger partial charge in [-0.1, -0.05) is 44.9 Å². The van der Waals surface area contributed by atoms with Crippen molar-refractivity contribution in [2.45, 2.75) is 70.3 Å². The maximum atomic E-state index is 6.47. The quantitative estimate of drug-likeness (QED) is 0.772. The lowest BCUT2D eigenvalue weighted by atomic mass is 9.83. The molecule has 3 unspecified atom stereocenters.